The van der Waals surface area contributed by atoms with Gasteiger partial charge in [-0.25, -0.2) is 0 Å². The fraction of sp³-hybridized carbons (Fsp3) is 0.0169. The molecule has 0 radical (unpaired) electrons. The van der Waals surface area contributed by atoms with Crippen molar-refractivity contribution in [2.24, 2.45) is 0 Å². The van der Waals surface area contributed by atoms with E-state index in [0.717, 1.165) is 50.0 Å². The van der Waals surface area contributed by atoms with Crippen molar-refractivity contribution in [3.63, 3.8) is 0 Å². The average molecular weight is 778 g/mol. The summed E-state index contributed by atoms with van der Waals surface area (Å²) in [6.07, 6.45) is 0. The number of hydrogen-bond donors (Lipinski definition) is 0. The van der Waals surface area contributed by atoms with Gasteiger partial charge in [0.15, 0.2) is 0 Å². The summed E-state index contributed by atoms with van der Waals surface area (Å²) in [5.41, 5.74) is 16.9. The van der Waals surface area contributed by atoms with E-state index in [4.69, 9.17) is 4.42 Å². The molecule has 2 heteroatoms. The van der Waals surface area contributed by atoms with Crippen LogP contribution in [0.25, 0.3) is 66.1 Å². The van der Waals surface area contributed by atoms with Crippen molar-refractivity contribution >= 4 is 49.8 Å². The normalized spacial score (nSPS) is 12.7. The summed E-state index contributed by atoms with van der Waals surface area (Å²) in [7, 11) is 0. The predicted octanol–water partition coefficient (Wildman–Crippen LogP) is 15.9. The number of fused-ring (bicyclic) bond motifs is 8. The van der Waals surface area contributed by atoms with Crippen molar-refractivity contribution in [1.29, 1.82) is 0 Å². The summed E-state index contributed by atoms with van der Waals surface area (Å²) < 4.78 is 6.54. The Kier molecular flexibility index (Phi) is 8.11. The van der Waals surface area contributed by atoms with Crippen LogP contribution in [0, 0.1) is 0 Å². The van der Waals surface area contributed by atoms with Crippen molar-refractivity contribution in [3.8, 4) is 33.4 Å². The average Bonchev–Trinajstić information content (AvgIpc) is 3.86. The highest BCUT2D eigenvalue weighted by Crippen LogP contribution is 2.57. The Balaban J connectivity index is 1.06. The van der Waals surface area contributed by atoms with Gasteiger partial charge in [-0.15, -0.1) is 0 Å². The SMILES string of the molecule is c1ccc(-c2ccc(N(c3ccc4c(c3)C(c3ccccc3)(c3ccccc3)c3ccccc3-4)c3ccc4c(ccc5oc6cc(-c7ccccc7)ccc6c54)c3)cc2)cc1. The molecule has 0 unspecified atom stereocenters. The zero-order valence-electron chi connectivity index (χ0n) is 33.4. The molecule has 1 heterocycles. The Hall–Kier alpha value is -7.94. The van der Waals surface area contributed by atoms with Crippen LogP contribution in [0.4, 0.5) is 17.1 Å². The van der Waals surface area contributed by atoms with Gasteiger partial charge in [0.1, 0.15) is 11.2 Å². The number of furan rings is 1. The summed E-state index contributed by atoms with van der Waals surface area (Å²) in [5, 5.41) is 4.59. The van der Waals surface area contributed by atoms with Crippen molar-refractivity contribution in [3.05, 3.63) is 259 Å². The van der Waals surface area contributed by atoms with Crippen LogP contribution >= 0.6 is 0 Å². The Labute approximate surface area is 355 Å². The second-order valence-corrected chi connectivity index (χ2v) is 16.0. The van der Waals surface area contributed by atoms with Crippen LogP contribution < -0.4 is 4.90 Å². The largest absolute Gasteiger partial charge is 0.456 e. The number of rotatable bonds is 7. The van der Waals surface area contributed by atoms with Gasteiger partial charge in [-0.1, -0.05) is 182 Å². The number of nitrogens with zero attached hydrogens (tertiary/aromatic N) is 1. The second-order valence-electron chi connectivity index (χ2n) is 16.0. The van der Waals surface area contributed by atoms with Crippen LogP contribution in [0.1, 0.15) is 22.3 Å². The number of benzene rings is 10. The van der Waals surface area contributed by atoms with E-state index in [-0.39, 0.29) is 0 Å². The molecule has 0 aliphatic heterocycles. The lowest BCUT2D eigenvalue weighted by atomic mass is 9.67. The monoisotopic (exact) mass is 777 g/mol. The number of anilines is 3. The lowest BCUT2D eigenvalue weighted by Gasteiger charge is -2.35. The molecule has 1 aromatic heterocycles. The van der Waals surface area contributed by atoms with E-state index in [0.29, 0.717) is 0 Å². The standard InChI is InChI=1S/C59H39NO/c1-5-15-40(16-6-1)42-25-29-47(30-26-42)60(48-31-34-50-44(37-48)28-36-56-58(50)53-33-27-43(38-57(53)61-56)41-17-7-2-8-18-41)49-32-35-52-51-23-13-14-24-54(51)59(55(52)39-49,45-19-9-3-10-20-45)46-21-11-4-12-22-46/h1-39H. The van der Waals surface area contributed by atoms with E-state index < -0.39 is 5.41 Å². The minimum absolute atomic E-state index is 0.509. The van der Waals surface area contributed by atoms with Gasteiger partial charge in [-0.2, -0.15) is 0 Å². The van der Waals surface area contributed by atoms with E-state index in [2.05, 4.69) is 241 Å². The van der Waals surface area contributed by atoms with Gasteiger partial charge < -0.3 is 9.32 Å². The van der Waals surface area contributed by atoms with Crippen molar-refractivity contribution in [2.75, 3.05) is 4.90 Å². The molecular formula is C59H39NO. The first-order valence-corrected chi connectivity index (χ1v) is 21.0. The van der Waals surface area contributed by atoms with E-state index in [9.17, 15) is 0 Å². The summed E-state index contributed by atoms with van der Waals surface area (Å²) in [6.45, 7) is 0. The fourth-order valence-electron chi connectivity index (χ4n) is 9.99. The summed E-state index contributed by atoms with van der Waals surface area (Å²) >= 11 is 0. The molecule has 2 nitrogen and oxygen atoms in total. The molecule has 0 amide bonds. The molecule has 286 valence electrons. The van der Waals surface area contributed by atoms with Crippen LogP contribution in [0.5, 0.6) is 0 Å². The molecule has 10 aromatic carbocycles. The molecule has 0 N–H and O–H groups in total. The van der Waals surface area contributed by atoms with E-state index in [1.807, 2.05) is 0 Å². The van der Waals surface area contributed by atoms with Crippen LogP contribution in [0.15, 0.2) is 241 Å². The van der Waals surface area contributed by atoms with Crippen molar-refractivity contribution in [1.82, 2.24) is 0 Å². The maximum atomic E-state index is 6.54. The van der Waals surface area contributed by atoms with E-state index in [1.54, 1.807) is 0 Å². The Morgan fingerprint density at radius 2 is 0.852 bits per heavy atom. The fourth-order valence-corrected chi connectivity index (χ4v) is 9.99. The van der Waals surface area contributed by atoms with Gasteiger partial charge >= 0.3 is 0 Å². The molecule has 11 aromatic rings. The van der Waals surface area contributed by atoms with Gasteiger partial charge in [0.25, 0.3) is 0 Å². The quantitative estimate of drug-likeness (QED) is 0.160. The first-order chi connectivity index (χ1) is 30.2. The molecule has 0 spiro atoms. The maximum absolute atomic E-state index is 6.54. The van der Waals surface area contributed by atoms with Crippen LogP contribution in [0.3, 0.4) is 0 Å². The van der Waals surface area contributed by atoms with Crippen molar-refractivity contribution in [2.45, 2.75) is 5.41 Å². The van der Waals surface area contributed by atoms with Gasteiger partial charge in [-0.3, -0.25) is 0 Å². The molecular weight excluding hydrogens is 739 g/mol. The zero-order chi connectivity index (χ0) is 40.3. The summed E-state index contributed by atoms with van der Waals surface area (Å²) in [6, 6.07) is 86.0. The summed E-state index contributed by atoms with van der Waals surface area (Å²) in [5.74, 6) is 0. The lowest BCUT2D eigenvalue weighted by Crippen LogP contribution is -2.28. The molecule has 61 heavy (non-hydrogen) atoms. The molecule has 1 aliphatic rings. The lowest BCUT2D eigenvalue weighted by molar-refractivity contribution is 0.669. The first kappa shape index (κ1) is 35.0. The van der Waals surface area contributed by atoms with Gasteiger partial charge in [0.05, 0.1) is 5.41 Å². The highest BCUT2D eigenvalue weighted by atomic mass is 16.3. The highest BCUT2D eigenvalue weighted by Gasteiger charge is 2.46. The van der Waals surface area contributed by atoms with Crippen LogP contribution in [-0.4, -0.2) is 0 Å². The molecule has 0 bridgehead atoms. The predicted molar refractivity (Wildman–Crippen MR) is 254 cm³/mol. The third kappa shape index (κ3) is 5.57. The summed E-state index contributed by atoms with van der Waals surface area (Å²) in [4.78, 5) is 2.42. The highest BCUT2D eigenvalue weighted by molar-refractivity contribution is 6.19. The first-order valence-electron chi connectivity index (χ1n) is 21.0. The topological polar surface area (TPSA) is 16.4 Å². The minimum Gasteiger partial charge on any atom is -0.456 e. The molecule has 0 atom stereocenters. The van der Waals surface area contributed by atoms with E-state index >= 15 is 0 Å². The molecule has 0 fully saturated rings. The Bertz CT molecular complexity index is 3350. The van der Waals surface area contributed by atoms with Crippen LogP contribution in [0.2, 0.25) is 0 Å². The Morgan fingerprint density at radius 1 is 0.328 bits per heavy atom. The van der Waals surface area contributed by atoms with Gasteiger partial charge in [-0.05, 0) is 121 Å². The zero-order valence-corrected chi connectivity index (χ0v) is 33.4. The molecule has 1 aliphatic carbocycles. The smallest absolute Gasteiger partial charge is 0.136 e. The minimum atomic E-state index is -0.509. The third-order valence-electron chi connectivity index (χ3n) is 12.7. The third-order valence-corrected chi connectivity index (χ3v) is 12.7. The molecule has 12 rings (SSSR count). The maximum Gasteiger partial charge on any atom is 0.136 e. The molecule has 0 saturated carbocycles. The number of hydrogen-bond acceptors (Lipinski definition) is 2. The van der Waals surface area contributed by atoms with Crippen LogP contribution in [-0.2, 0) is 5.41 Å². The molecule has 0 saturated heterocycles. The van der Waals surface area contributed by atoms with Crippen molar-refractivity contribution < 1.29 is 4.42 Å². The van der Waals surface area contributed by atoms with Gasteiger partial charge in [0, 0.05) is 27.8 Å². The Morgan fingerprint density at radius 3 is 1.56 bits per heavy atom. The second kappa shape index (κ2) is 14.1. The van der Waals surface area contributed by atoms with Gasteiger partial charge in [0.2, 0.25) is 0 Å². The van der Waals surface area contributed by atoms with E-state index in [1.165, 1.54) is 55.5 Å².